The summed E-state index contributed by atoms with van der Waals surface area (Å²) in [6, 6.07) is 7.75. The van der Waals surface area contributed by atoms with Crippen molar-refractivity contribution in [3.8, 4) is 22.8 Å². The van der Waals surface area contributed by atoms with Gasteiger partial charge in [-0.15, -0.1) is 5.10 Å². The van der Waals surface area contributed by atoms with Gasteiger partial charge in [-0.05, 0) is 38.1 Å². The summed E-state index contributed by atoms with van der Waals surface area (Å²) in [6.45, 7) is 5.67. The average molecular weight is 338 g/mol. The average Bonchev–Trinajstić information content (AvgIpc) is 3.20. The largest absolute Gasteiger partial charge is 0.454 e. The molecule has 2 aromatic heterocycles. The number of nitrogens with zero attached hydrogens (tertiary/aromatic N) is 5. The standard InChI is InChI=1S/C17H18N6O2/c1-11-7-12(2)23(22-11)6-5-18-17-20-14(9-19-21-17)13-3-4-15-16(8-13)25-10-24-15/h3-4,7-9H,5-6,10H2,1-2H3,(H,18,20,21). The molecule has 1 aliphatic rings. The van der Waals surface area contributed by atoms with Crippen molar-refractivity contribution in [1.29, 1.82) is 0 Å². The fourth-order valence-electron chi connectivity index (χ4n) is 2.75. The molecule has 0 aliphatic carbocycles. The van der Waals surface area contributed by atoms with E-state index in [0.29, 0.717) is 12.5 Å². The van der Waals surface area contributed by atoms with Crippen LogP contribution in [-0.2, 0) is 6.54 Å². The SMILES string of the molecule is Cc1cc(C)n(CCNc2nncc(-c3ccc4c(c3)OCO4)n2)n1. The van der Waals surface area contributed by atoms with E-state index >= 15 is 0 Å². The molecule has 0 atom stereocenters. The van der Waals surface area contributed by atoms with Gasteiger partial charge in [0.05, 0.1) is 24.1 Å². The van der Waals surface area contributed by atoms with Crippen LogP contribution >= 0.6 is 0 Å². The van der Waals surface area contributed by atoms with E-state index in [2.05, 4.69) is 31.7 Å². The minimum Gasteiger partial charge on any atom is -0.454 e. The van der Waals surface area contributed by atoms with Gasteiger partial charge < -0.3 is 14.8 Å². The highest BCUT2D eigenvalue weighted by molar-refractivity contribution is 5.64. The van der Waals surface area contributed by atoms with E-state index in [9.17, 15) is 0 Å². The Morgan fingerprint density at radius 3 is 2.88 bits per heavy atom. The molecule has 8 nitrogen and oxygen atoms in total. The summed E-state index contributed by atoms with van der Waals surface area (Å²) in [4.78, 5) is 4.52. The lowest BCUT2D eigenvalue weighted by atomic mass is 10.1. The van der Waals surface area contributed by atoms with Gasteiger partial charge in [0.15, 0.2) is 11.5 Å². The minimum atomic E-state index is 0.250. The highest BCUT2D eigenvalue weighted by Gasteiger charge is 2.14. The first-order valence-corrected chi connectivity index (χ1v) is 8.04. The molecule has 3 aromatic rings. The minimum absolute atomic E-state index is 0.250. The lowest BCUT2D eigenvalue weighted by Crippen LogP contribution is -2.14. The molecule has 0 saturated carbocycles. The van der Waals surface area contributed by atoms with E-state index in [1.54, 1.807) is 6.20 Å². The summed E-state index contributed by atoms with van der Waals surface area (Å²) in [5.74, 6) is 1.95. The van der Waals surface area contributed by atoms with E-state index in [1.165, 1.54) is 0 Å². The second-order valence-electron chi connectivity index (χ2n) is 5.81. The summed E-state index contributed by atoms with van der Waals surface area (Å²) >= 11 is 0. The second-order valence-corrected chi connectivity index (χ2v) is 5.81. The van der Waals surface area contributed by atoms with Crippen molar-refractivity contribution in [3.63, 3.8) is 0 Å². The van der Waals surface area contributed by atoms with Crippen molar-refractivity contribution < 1.29 is 9.47 Å². The third-order valence-corrected chi connectivity index (χ3v) is 3.94. The van der Waals surface area contributed by atoms with Crippen LogP contribution in [0.5, 0.6) is 11.5 Å². The molecule has 0 radical (unpaired) electrons. The molecule has 1 aliphatic heterocycles. The summed E-state index contributed by atoms with van der Waals surface area (Å²) in [5, 5.41) is 15.7. The number of benzene rings is 1. The van der Waals surface area contributed by atoms with Crippen molar-refractivity contribution in [1.82, 2.24) is 25.0 Å². The highest BCUT2D eigenvalue weighted by atomic mass is 16.7. The number of nitrogens with one attached hydrogen (secondary N) is 1. The van der Waals surface area contributed by atoms with E-state index in [4.69, 9.17) is 9.47 Å². The monoisotopic (exact) mass is 338 g/mol. The molecule has 3 heterocycles. The molecule has 0 bridgehead atoms. The number of aromatic nitrogens is 5. The number of hydrogen-bond acceptors (Lipinski definition) is 7. The smallest absolute Gasteiger partial charge is 0.243 e. The Balaban J connectivity index is 1.45. The van der Waals surface area contributed by atoms with Crippen LogP contribution in [0.3, 0.4) is 0 Å². The van der Waals surface area contributed by atoms with Crippen molar-refractivity contribution in [2.24, 2.45) is 0 Å². The van der Waals surface area contributed by atoms with Crippen molar-refractivity contribution in [3.05, 3.63) is 41.9 Å². The van der Waals surface area contributed by atoms with Crippen LogP contribution in [0.1, 0.15) is 11.4 Å². The first-order valence-electron chi connectivity index (χ1n) is 8.04. The molecule has 0 spiro atoms. The molecule has 0 saturated heterocycles. The zero-order valence-electron chi connectivity index (χ0n) is 14.1. The molecule has 0 amide bonds. The number of rotatable bonds is 5. The molecular formula is C17H18N6O2. The Kier molecular flexibility index (Phi) is 3.93. The van der Waals surface area contributed by atoms with E-state index < -0.39 is 0 Å². The quantitative estimate of drug-likeness (QED) is 0.763. The Morgan fingerprint density at radius 2 is 2.04 bits per heavy atom. The van der Waals surface area contributed by atoms with Crippen LogP contribution in [0.15, 0.2) is 30.5 Å². The Morgan fingerprint density at radius 1 is 1.16 bits per heavy atom. The summed E-state index contributed by atoms with van der Waals surface area (Å²) in [7, 11) is 0. The zero-order valence-corrected chi connectivity index (χ0v) is 14.1. The van der Waals surface area contributed by atoms with Gasteiger partial charge >= 0.3 is 0 Å². The fraction of sp³-hybridized carbons (Fsp3) is 0.294. The Hall–Kier alpha value is -3.16. The number of ether oxygens (including phenoxy) is 2. The number of hydrogen-bond donors (Lipinski definition) is 1. The van der Waals surface area contributed by atoms with Crippen LogP contribution < -0.4 is 14.8 Å². The molecule has 4 rings (SSSR count). The number of aryl methyl sites for hydroxylation is 2. The molecule has 0 fully saturated rings. The van der Waals surface area contributed by atoms with Gasteiger partial charge in [-0.3, -0.25) is 4.68 Å². The summed E-state index contributed by atoms with van der Waals surface area (Å²) in [5.41, 5.74) is 3.77. The van der Waals surface area contributed by atoms with Crippen molar-refractivity contribution in [2.45, 2.75) is 20.4 Å². The Bertz CT molecular complexity index is 908. The second kappa shape index (κ2) is 6.39. The predicted octanol–water partition coefficient (Wildman–Crippen LogP) is 2.19. The van der Waals surface area contributed by atoms with Gasteiger partial charge in [0.2, 0.25) is 12.7 Å². The van der Waals surface area contributed by atoms with Crippen LogP contribution in [0.2, 0.25) is 0 Å². The van der Waals surface area contributed by atoms with Gasteiger partial charge in [0, 0.05) is 17.8 Å². The number of fused-ring (bicyclic) bond motifs is 1. The highest BCUT2D eigenvalue weighted by Crippen LogP contribution is 2.35. The van der Waals surface area contributed by atoms with Gasteiger partial charge in [-0.25, -0.2) is 4.98 Å². The summed E-state index contributed by atoms with van der Waals surface area (Å²) < 4.78 is 12.7. The van der Waals surface area contributed by atoms with E-state index in [0.717, 1.165) is 40.7 Å². The molecule has 1 N–H and O–H groups in total. The van der Waals surface area contributed by atoms with E-state index in [1.807, 2.05) is 36.7 Å². The maximum atomic E-state index is 5.41. The lowest BCUT2D eigenvalue weighted by Gasteiger charge is -2.07. The van der Waals surface area contributed by atoms with Crippen molar-refractivity contribution in [2.75, 3.05) is 18.7 Å². The molecule has 1 aromatic carbocycles. The third-order valence-electron chi connectivity index (χ3n) is 3.94. The molecule has 128 valence electrons. The summed E-state index contributed by atoms with van der Waals surface area (Å²) in [6.07, 6.45) is 1.63. The maximum absolute atomic E-state index is 5.41. The predicted molar refractivity (Wildman–Crippen MR) is 91.6 cm³/mol. The first kappa shape index (κ1) is 15.4. The van der Waals surface area contributed by atoms with Gasteiger partial charge in [0.25, 0.3) is 0 Å². The fourth-order valence-corrected chi connectivity index (χ4v) is 2.75. The molecule has 8 heteroatoms. The van der Waals surface area contributed by atoms with E-state index in [-0.39, 0.29) is 6.79 Å². The van der Waals surface area contributed by atoms with Crippen molar-refractivity contribution >= 4 is 5.95 Å². The molecular weight excluding hydrogens is 320 g/mol. The first-order chi connectivity index (χ1) is 12.2. The lowest BCUT2D eigenvalue weighted by molar-refractivity contribution is 0.174. The molecule has 25 heavy (non-hydrogen) atoms. The number of anilines is 1. The van der Waals surface area contributed by atoms with Gasteiger partial charge in [-0.1, -0.05) is 0 Å². The van der Waals surface area contributed by atoms with Crippen LogP contribution in [0, 0.1) is 13.8 Å². The van der Waals surface area contributed by atoms with Crippen LogP contribution in [0.4, 0.5) is 5.95 Å². The normalized spacial score (nSPS) is 12.4. The van der Waals surface area contributed by atoms with Crippen LogP contribution in [0.25, 0.3) is 11.3 Å². The Labute approximate surface area is 144 Å². The van der Waals surface area contributed by atoms with Gasteiger partial charge in [-0.2, -0.15) is 10.2 Å². The third kappa shape index (κ3) is 3.23. The zero-order chi connectivity index (χ0) is 17.2. The topological polar surface area (TPSA) is 87.0 Å². The molecule has 0 unspecified atom stereocenters. The maximum Gasteiger partial charge on any atom is 0.243 e. The van der Waals surface area contributed by atoms with Gasteiger partial charge in [0.1, 0.15) is 0 Å². The van der Waals surface area contributed by atoms with Crippen LogP contribution in [-0.4, -0.2) is 38.3 Å².